The van der Waals surface area contributed by atoms with Crippen LogP contribution < -0.4 is 20.3 Å². The van der Waals surface area contributed by atoms with Gasteiger partial charge in [0.05, 0.1) is 12.2 Å². The predicted octanol–water partition coefficient (Wildman–Crippen LogP) is 3.84. The van der Waals surface area contributed by atoms with Crippen LogP contribution in [0.4, 0.5) is 0 Å². The lowest BCUT2D eigenvalue weighted by molar-refractivity contribution is -0.123. The number of ether oxygens (including phenoxy) is 2. The smallest absolute Gasteiger partial charge is 0.276 e. The molecule has 0 atom stereocenters. The molecule has 6 nitrogen and oxygen atoms in total. The second-order valence-electron chi connectivity index (χ2n) is 5.87. The summed E-state index contributed by atoms with van der Waals surface area (Å²) in [6.07, 6.45) is 0. The second-order valence-corrected chi connectivity index (χ2v) is 6.79. The van der Waals surface area contributed by atoms with Gasteiger partial charge in [0, 0.05) is 4.47 Å². The zero-order chi connectivity index (χ0) is 19.9. The number of fused-ring (bicyclic) bond motifs is 1. The Morgan fingerprint density at radius 1 is 0.929 bits per heavy atom. The number of nitrogens with one attached hydrogen (secondary N) is 2. The Morgan fingerprint density at radius 3 is 2.50 bits per heavy atom. The Balaban J connectivity index is 1.55. The van der Waals surface area contributed by atoms with Crippen LogP contribution in [0.3, 0.4) is 0 Å². The largest absolute Gasteiger partial charge is 0.493 e. The zero-order valence-corrected chi connectivity index (χ0v) is 16.8. The molecule has 3 rings (SSSR count). The van der Waals surface area contributed by atoms with Gasteiger partial charge in [0.2, 0.25) is 0 Å². The molecule has 0 aliphatic rings. The van der Waals surface area contributed by atoms with Crippen molar-refractivity contribution in [3.05, 3.63) is 70.7 Å². The van der Waals surface area contributed by atoms with Crippen molar-refractivity contribution in [1.82, 2.24) is 10.9 Å². The van der Waals surface area contributed by atoms with E-state index in [0.29, 0.717) is 23.7 Å². The summed E-state index contributed by atoms with van der Waals surface area (Å²) in [5.41, 5.74) is 5.03. The summed E-state index contributed by atoms with van der Waals surface area (Å²) in [6, 6.07) is 18.5. The summed E-state index contributed by atoms with van der Waals surface area (Å²) in [4.78, 5) is 24.4. The van der Waals surface area contributed by atoms with Crippen molar-refractivity contribution in [1.29, 1.82) is 0 Å². The van der Waals surface area contributed by atoms with Crippen LogP contribution in [0, 0.1) is 0 Å². The monoisotopic (exact) mass is 442 g/mol. The number of carbonyl (C=O) groups is 2. The molecular weight excluding hydrogens is 424 g/mol. The molecule has 0 bridgehead atoms. The minimum Gasteiger partial charge on any atom is -0.493 e. The standard InChI is InChI=1S/C21H19BrN2O4/c1-2-27-19-10-8-16(22)12-18(19)21(26)24-23-20(25)13-28-17-9-7-14-5-3-4-6-15(14)11-17/h3-12H,2,13H2,1H3,(H,23,25)(H,24,26). The minimum absolute atomic E-state index is 0.227. The summed E-state index contributed by atoms with van der Waals surface area (Å²) < 4.78 is 11.7. The molecule has 0 fully saturated rings. The van der Waals surface area contributed by atoms with Gasteiger partial charge >= 0.3 is 0 Å². The van der Waals surface area contributed by atoms with E-state index in [2.05, 4.69) is 26.8 Å². The average molecular weight is 443 g/mol. The number of benzene rings is 3. The van der Waals surface area contributed by atoms with E-state index in [1.807, 2.05) is 43.3 Å². The molecule has 7 heteroatoms. The first-order valence-electron chi connectivity index (χ1n) is 8.70. The van der Waals surface area contributed by atoms with Gasteiger partial charge in [-0.15, -0.1) is 0 Å². The SMILES string of the molecule is CCOc1ccc(Br)cc1C(=O)NNC(=O)COc1ccc2ccccc2c1. The number of carbonyl (C=O) groups excluding carboxylic acids is 2. The van der Waals surface area contributed by atoms with Crippen molar-refractivity contribution in [3.63, 3.8) is 0 Å². The van der Waals surface area contributed by atoms with Gasteiger partial charge in [0.15, 0.2) is 6.61 Å². The molecular formula is C21H19BrN2O4. The Bertz CT molecular complexity index is 1010. The normalized spacial score (nSPS) is 10.4. The summed E-state index contributed by atoms with van der Waals surface area (Å²) in [5, 5.41) is 2.11. The third-order valence-electron chi connectivity index (χ3n) is 3.89. The van der Waals surface area contributed by atoms with Gasteiger partial charge in [0.1, 0.15) is 11.5 Å². The van der Waals surface area contributed by atoms with Crippen LogP contribution in [0.5, 0.6) is 11.5 Å². The van der Waals surface area contributed by atoms with Crippen molar-refractivity contribution in [2.45, 2.75) is 6.92 Å². The summed E-state index contributed by atoms with van der Waals surface area (Å²) in [6.45, 7) is 2.03. The quantitative estimate of drug-likeness (QED) is 0.568. The fraction of sp³-hybridized carbons (Fsp3) is 0.143. The van der Waals surface area contributed by atoms with Crippen LogP contribution in [0.1, 0.15) is 17.3 Å². The molecule has 3 aromatic rings. The number of hydrazine groups is 1. The van der Waals surface area contributed by atoms with Gasteiger partial charge in [-0.05, 0) is 48.0 Å². The lowest BCUT2D eigenvalue weighted by atomic mass is 10.1. The van der Waals surface area contributed by atoms with Gasteiger partial charge in [0.25, 0.3) is 11.8 Å². The van der Waals surface area contributed by atoms with E-state index in [0.717, 1.165) is 15.2 Å². The maximum atomic E-state index is 12.4. The summed E-state index contributed by atoms with van der Waals surface area (Å²) in [5.74, 6) is 0.0499. The fourth-order valence-electron chi connectivity index (χ4n) is 2.60. The van der Waals surface area contributed by atoms with Crippen LogP contribution in [-0.2, 0) is 4.79 Å². The first-order chi connectivity index (χ1) is 13.6. The van der Waals surface area contributed by atoms with E-state index in [-0.39, 0.29) is 6.61 Å². The van der Waals surface area contributed by atoms with E-state index in [9.17, 15) is 9.59 Å². The topological polar surface area (TPSA) is 76.7 Å². The molecule has 0 spiro atoms. The molecule has 0 radical (unpaired) electrons. The minimum atomic E-state index is -0.483. The lowest BCUT2D eigenvalue weighted by Gasteiger charge is -2.12. The van der Waals surface area contributed by atoms with Crippen LogP contribution in [0.15, 0.2) is 65.1 Å². The number of hydrogen-bond acceptors (Lipinski definition) is 4. The van der Waals surface area contributed by atoms with Gasteiger partial charge in [-0.2, -0.15) is 0 Å². The Morgan fingerprint density at radius 2 is 1.71 bits per heavy atom. The molecule has 0 unspecified atom stereocenters. The third-order valence-corrected chi connectivity index (χ3v) is 4.39. The van der Waals surface area contributed by atoms with Crippen LogP contribution in [0.2, 0.25) is 0 Å². The van der Waals surface area contributed by atoms with Gasteiger partial charge in [-0.3, -0.25) is 20.4 Å². The molecule has 0 saturated carbocycles. The van der Waals surface area contributed by atoms with Crippen molar-refractivity contribution >= 4 is 38.5 Å². The fourth-order valence-corrected chi connectivity index (χ4v) is 2.96. The molecule has 2 amide bonds. The van der Waals surface area contributed by atoms with Crippen molar-refractivity contribution < 1.29 is 19.1 Å². The Labute approximate surface area is 170 Å². The Kier molecular flexibility index (Phi) is 6.49. The summed E-state index contributed by atoms with van der Waals surface area (Å²) >= 11 is 3.32. The molecule has 3 aromatic carbocycles. The first kappa shape index (κ1) is 19.7. The van der Waals surface area contributed by atoms with Crippen LogP contribution in [0.25, 0.3) is 10.8 Å². The third kappa shape index (κ3) is 5.01. The molecule has 0 aliphatic heterocycles. The van der Waals surface area contributed by atoms with Crippen molar-refractivity contribution in [2.24, 2.45) is 0 Å². The van der Waals surface area contributed by atoms with Gasteiger partial charge in [-0.25, -0.2) is 0 Å². The number of amides is 2. The number of rotatable bonds is 6. The number of hydrogen-bond donors (Lipinski definition) is 2. The zero-order valence-electron chi connectivity index (χ0n) is 15.2. The van der Waals surface area contributed by atoms with Crippen LogP contribution >= 0.6 is 15.9 Å². The van der Waals surface area contributed by atoms with Crippen LogP contribution in [-0.4, -0.2) is 25.0 Å². The highest BCUT2D eigenvalue weighted by molar-refractivity contribution is 9.10. The predicted molar refractivity (Wildman–Crippen MR) is 110 cm³/mol. The highest BCUT2D eigenvalue weighted by atomic mass is 79.9. The molecule has 28 heavy (non-hydrogen) atoms. The Hall–Kier alpha value is -3.06. The second kappa shape index (κ2) is 9.23. The number of halogens is 1. The van der Waals surface area contributed by atoms with E-state index >= 15 is 0 Å². The van der Waals surface area contributed by atoms with Crippen molar-refractivity contribution in [3.8, 4) is 11.5 Å². The van der Waals surface area contributed by atoms with E-state index in [1.165, 1.54) is 0 Å². The molecule has 144 valence electrons. The molecule has 2 N–H and O–H groups in total. The van der Waals surface area contributed by atoms with E-state index in [4.69, 9.17) is 9.47 Å². The maximum Gasteiger partial charge on any atom is 0.276 e. The molecule has 0 heterocycles. The first-order valence-corrected chi connectivity index (χ1v) is 9.49. The highest BCUT2D eigenvalue weighted by Gasteiger charge is 2.14. The van der Waals surface area contributed by atoms with Gasteiger partial charge < -0.3 is 9.47 Å². The average Bonchev–Trinajstić information content (AvgIpc) is 2.71. The summed E-state index contributed by atoms with van der Waals surface area (Å²) in [7, 11) is 0. The van der Waals surface area contributed by atoms with E-state index in [1.54, 1.807) is 24.3 Å². The molecule has 0 aromatic heterocycles. The molecule has 0 saturated heterocycles. The maximum absolute atomic E-state index is 12.4. The van der Waals surface area contributed by atoms with E-state index < -0.39 is 11.8 Å². The lowest BCUT2D eigenvalue weighted by Crippen LogP contribution is -2.44. The van der Waals surface area contributed by atoms with Gasteiger partial charge in [-0.1, -0.05) is 46.3 Å². The highest BCUT2D eigenvalue weighted by Crippen LogP contribution is 2.23. The molecule has 0 aliphatic carbocycles. The van der Waals surface area contributed by atoms with Crippen molar-refractivity contribution in [2.75, 3.05) is 13.2 Å².